The molecule has 65 heavy (non-hydrogen) atoms. The van der Waals surface area contributed by atoms with Crippen molar-refractivity contribution in [1.82, 2.24) is 4.90 Å². The monoisotopic (exact) mass is 948 g/mol. The fourth-order valence-electron chi connectivity index (χ4n) is 8.81. The maximum absolute atomic E-state index is 5.58. The Morgan fingerprint density at radius 3 is 1.58 bits per heavy atom. The number of para-hydroxylation sites is 3. The zero-order valence-electron chi connectivity index (χ0n) is 40.2. The van der Waals surface area contributed by atoms with Crippen LogP contribution in [0.1, 0.15) is 132 Å². The third-order valence-corrected chi connectivity index (χ3v) is 12.3. The Labute approximate surface area is 413 Å². The van der Waals surface area contributed by atoms with Crippen molar-refractivity contribution in [3.05, 3.63) is 189 Å². The normalized spacial score (nSPS) is 16.1. The number of benzene rings is 5. The van der Waals surface area contributed by atoms with E-state index >= 15 is 0 Å². The smallest absolute Gasteiger partial charge is 0.511 e. The van der Waals surface area contributed by atoms with Crippen LogP contribution in [0.2, 0.25) is 0 Å². The van der Waals surface area contributed by atoms with Crippen LogP contribution in [-0.2, 0) is 32.6 Å². The average Bonchev–Trinajstić information content (AvgIpc) is 3.76. The summed E-state index contributed by atoms with van der Waals surface area (Å²) in [5.74, 6) is 3.81. The summed E-state index contributed by atoms with van der Waals surface area (Å²) in [6, 6.07) is 46.4. The van der Waals surface area contributed by atoms with Crippen LogP contribution in [0.3, 0.4) is 0 Å². The first-order chi connectivity index (χ1) is 31.1. The molecule has 3 aliphatic rings. The number of hydrogen-bond donors (Lipinski definition) is 0. The summed E-state index contributed by atoms with van der Waals surface area (Å²) in [5.41, 5.74) is 8.50. The Balaban J connectivity index is 0.000000218. The van der Waals surface area contributed by atoms with E-state index < -0.39 is 0 Å². The van der Waals surface area contributed by atoms with Gasteiger partial charge in [-0.1, -0.05) is 139 Å². The van der Waals surface area contributed by atoms with Gasteiger partial charge in [-0.15, -0.1) is 24.3 Å². The van der Waals surface area contributed by atoms with Gasteiger partial charge in [0.15, 0.2) is 0 Å². The minimum absolute atomic E-state index is 0. The summed E-state index contributed by atoms with van der Waals surface area (Å²) in [4.78, 5) is 16.4. The molecule has 5 aromatic rings. The molecule has 8 rings (SSSR count). The Hall–Kier alpha value is -4.87. The molecule has 6 nitrogen and oxygen atoms in total. The predicted molar refractivity (Wildman–Crippen MR) is 275 cm³/mol. The molecule has 343 valence electrons. The summed E-state index contributed by atoms with van der Waals surface area (Å²) in [7, 11) is 10.0. The second-order valence-corrected chi connectivity index (χ2v) is 17.8. The van der Waals surface area contributed by atoms with Crippen molar-refractivity contribution in [3.63, 3.8) is 0 Å². The van der Waals surface area contributed by atoms with Crippen molar-refractivity contribution in [2.75, 3.05) is 30.0 Å². The number of guanidine groups is 1. The molecule has 1 radical (unpaired) electrons. The molecule has 1 aliphatic heterocycles. The van der Waals surface area contributed by atoms with Crippen LogP contribution in [-0.4, -0.2) is 49.0 Å². The van der Waals surface area contributed by atoms with Crippen molar-refractivity contribution >= 4 is 23.2 Å². The fraction of sp³-hybridized carbons (Fsp3) is 0.379. The molecule has 5 aromatic carbocycles. The van der Waals surface area contributed by atoms with E-state index in [1.54, 1.807) is 7.11 Å². The summed E-state index contributed by atoms with van der Waals surface area (Å²) >= 11 is 0. The molecule has 0 atom stereocenters. The predicted octanol–water partition coefficient (Wildman–Crippen LogP) is 14.5. The van der Waals surface area contributed by atoms with Crippen LogP contribution in [0.5, 0.6) is 5.75 Å². The maximum Gasteiger partial charge on any atom is 3.00 e. The van der Waals surface area contributed by atoms with Gasteiger partial charge in [-0.3, -0.25) is 12.0 Å². The second kappa shape index (κ2) is 28.2. The fourth-order valence-corrected chi connectivity index (χ4v) is 8.81. The van der Waals surface area contributed by atoms with Crippen molar-refractivity contribution in [2.24, 2.45) is 9.98 Å². The van der Waals surface area contributed by atoms with Crippen LogP contribution >= 0.6 is 0 Å². The van der Waals surface area contributed by atoms with Crippen LogP contribution in [0, 0.1) is 27.9 Å². The number of ether oxygens (including phenoxy) is 1. The van der Waals surface area contributed by atoms with Gasteiger partial charge in [0.1, 0.15) is 5.75 Å². The standard InChI is InChI=1S/C23H30N3O.C21H31N2.2C7H7.Zr/c1-16(2)18-10-9-11-19(17(3)4)22(18)26-15-14-25(23(26)24-5)20-12-7-8-13-21(20)27-6;1-23(20-15-9-4-10-16-20)21(17-18-11-5-2-6-12-18)22-19-13-7-3-8-14-19;2*1-7-5-3-2-4-6-7;/h7-13,16-17H,5,14-15H2,1-4,6H3;2,5-6,11-12,19-20H,1,3-4,7-10,13-17H2;2*2-6H,1H2;/q4*-1;+3. The zero-order valence-corrected chi connectivity index (χ0v) is 42.6. The topological polar surface area (TPSA) is 43.7 Å². The van der Waals surface area contributed by atoms with Crippen LogP contribution in [0.4, 0.5) is 11.4 Å². The third-order valence-electron chi connectivity index (χ3n) is 12.3. The molecule has 1 saturated heterocycles. The molecular weight excluding hydrogens is 874 g/mol. The number of nitrogens with zero attached hydrogens (tertiary/aromatic N) is 5. The van der Waals surface area contributed by atoms with Gasteiger partial charge in [-0.2, -0.15) is 56.3 Å². The van der Waals surface area contributed by atoms with E-state index in [0.29, 0.717) is 23.9 Å². The molecule has 0 bridgehead atoms. The Morgan fingerprint density at radius 2 is 1.11 bits per heavy atom. The maximum atomic E-state index is 5.58. The number of methoxy groups -OCH3 is 1. The molecule has 3 fully saturated rings. The van der Waals surface area contributed by atoms with Crippen molar-refractivity contribution in [1.29, 1.82) is 0 Å². The number of rotatable bonds is 9. The Bertz CT molecular complexity index is 2060. The van der Waals surface area contributed by atoms with E-state index in [2.05, 4.69) is 130 Å². The number of aliphatic imine (C=N–C) groups is 2. The van der Waals surface area contributed by atoms with Crippen LogP contribution in [0.25, 0.3) is 0 Å². The molecule has 0 spiro atoms. The first-order valence-electron chi connectivity index (χ1n) is 23.7. The minimum atomic E-state index is 0. The molecule has 0 N–H and O–H groups in total. The molecule has 0 unspecified atom stereocenters. The molecule has 1 heterocycles. The van der Waals surface area contributed by atoms with E-state index in [0.717, 1.165) is 48.0 Å². The van der Waals surface area contributed by atoms with E-state index in [9.17, 15) is 0 Å². The first-order valence-corrected chi connectivity index (χ1v) is 23.7. The van der Waals surface area contributed by atoms with E-state index in [1.165, 1.54) is 92.4 Å². The summed E-state index contributed by atoms with van der Waals surface area (Å²) < 4.78 is 5.58. The van der Waals surface area contributed by atoms with Gasteiger partial charge in [-0.05, 0) is 66.3 Å². The quantitative estimate of drug-likeness (QED) is 0.0839. The van der Waals surface area contributed by atoms with Crippen LogP contribution < -0.4 is 14.5 Å². The molecular formula is C58H75N5OZr-. The summed E-state index contributed by atoms with van der Waals surface area (Å²) in [6.07, 6.45) is 14.2. The Morgan fingerprint density at radius 1 is 0.631 bits per heavy atom. The Kier molecular flexibility index (Phi) is 22.9. The molecule has 7 heteroatoms. The van der Waals surface area contributed by atoms with E-state index in [1.807, 2.05) is 78.9 Å². The summed E-state index contributed by atoms with van der Waals surface area (Å²) in [5, 5.41) is 0. The minimum Gasteiger partial charge on any atom is -0.511 e. The van der Waals surface area contributed by atoms with Gasteiger partial charge in [0, 0.05) is 31.2 Å². The molecule has 2 aliphatic carbocycles. The number of amidine groups is 1. The molecule has 2 saturated carbocycles. The molecule has 0 aromatic heterocycles. The van der Waals surface area contributed by atoms with Gasteiger partial charge < -0.3 is 24.4 Å². The van der Waals surface area contributed by atoms with E-state index in [4.69, 9.17) is 9.73 Å². The summed E-state index contributed by atoms with van der Waals surface area (Å²) in [6.45, 7) is 18.2. The zero-order chi connectivity index (χ0) is 45.7. The second-order valence-electron chi connectivity index (χ2n) is 17.8. The number of anilines is 2. The van der Waals surface area contributed by atoms with Crippen molar-refractivity contribution < 1.29 is 30.9 Å². The van der Waals surface area contributed by atoms with Gasteiger partial charge in [-0.25, -0.2) is 0 Å². The number of hydrogen-bond acceptors (Lipinski definition) is 3. The third kappa shape index (κ3) is 16.2. The molecule has 0 amide bonds. The largest absolute Gasteiger partial charge is 3.00 e. The first kappa shape index (κ1) is 52.8. The van der Waals surface area contributed by atoms with Crippen molar-refractivity contribution in [2.45, 2.75) is 122 Å². The van der Waals surface area contributed by atoms with Gasteiger partial charge in [0.2, 0.25) is 0 Å². The average molecular weight is 949 g/mol. The SMILES string of the molecule is [CH2-]N(C(Cc1ccccc1)=NC1CCCCC1)C1CCCCC1.[CH2-]N=C1N(c2ccccc2OC)CCN1c1c(C(C)C)cccc1C(C)C.[CH2-]c1ccccc1.[CH2-]c1ccccc1.[Zr+3]. The van der Waals surface area contributed by atoms with Gasteiger partial charge >= 0.3 is 26.2 Å². The van der Waals surface area contributed by atoms with Crippen LogP contribution in [0.15, 0.2) is 143 Å². The van der Waals surface area contributed by atoms with Crippen molar-refractivity contribution in [3.8, 4) is 5.75 Å². The van der Waals surface area contributed by atoms with Gasteiger partial charge in [0.25, 0.3) is 0 Å². The van der Waals surface area contributed by atoms with E-state index in [-0.39, 0.29) is 26.2 Å². The van der Waals surface area contributed by atoms with Gasteiger partial charge in [0.05, 0.1) is 30.6 Å².